The minimum atomic E-state index is -3.95. The van der Waals surface area contributed by atoms with Crippen molar-refractivity contribution in [1.82, 2.24) is 4.31 Å². The average molecular weight is 363 g/mol. The van der Waals surface area contributed by atoms with Gasteiger partial charge in [0.2, 0.25) is 10.0 Å². The lowest BCUT2D eigenvalue weighted by molar-refractivity contribution is -0.148. The Hall–Kier alpha value is -2.25. The van der Waals surface area contributed by atoms with Gasteiger partial charge in [-0.2, -0.15) is 4.31 Å². The lowest BCUT2D eigenvalue weighted by Crippen LogP contribution is -2.41. The van der Waals surface area contributed by atoms with E-state index < -0.39 is 27.9 Å². The van der Waals surface area contributed by atoms with E-state index in [-0.39, 0.29) is 18.0 Å². The lowest BCUT2D eigenvalue weighted by atomic mass is 10.2. The third kappa shape index (κ3) is 3.88. The Morgan fingerprint density at radius 3 is 2.64 bits per heavy atom. The van der Waals surface area contributed by atoms with Crippen molar-refractivity contribution in [3.8, 4) is 0 Å². The maximum atomic E-state index is 13.4. The Kier molecular flexibility index (Phi) is 5.15. The zero-order valence-corrected chi connectivity index (χ0v) is 14.3. The standard InChI is InChI=1S/C18H18FNO4S/c19-15-8-4-9-16(12-15)25(22,23)20-11-5-10-17(20)18(21)24-13-14-6-2-1-3-7-14/h1-4,6-9,12,17H,5,10-11,13H2. The summed E-state index contributed by atoms with van der Waals surface area (Å²) in [5.41, 5.74) is 0.827. The molecule has 0 aliphatic carbocycles. The molecule has 0 radical (unpaired) electrons. The van der Waals surface area contributed by atoms with E-state index in [1.54, 1.807) is 0 Å². The van der Waals surface area contributed by atoms with Crippen LogP contribution in [0.1, 0.15) is 18.4 Å². The molecular formula is C18H18FNO4S. The highest BCUT2D eigenvalue weighted by molar-refractivity contribution is 7.89. The van der Waals surface area contributed by atoms with Gasteiger partial charge in [-0.3, -0.25) is 4.79 Å². The number of carbonyl (C=O) groups excluding carboxylic acids is 1. The van der Waals surface area contributed by atoms with E-state index >= 15 is 0 Å². The number of carbonyl (C=O) groups is 1. The zero-order valence-electron chi connectivity index (χ0n) is 13.5. The molecule has 132 valence electrons. The molecule has 1 fully saturated rings. The molecule has 1 unspecified atom stereocenters. The van der Waals surface area contributed by atoms with E-state index in [0.717, 1.165) is 15.9 Å². The summed E-state index contributed by atoms with van der Waals surface area (Å²) >= 11 is 0. The first-order valence-electron chi connectivity index (χ1n) is 7.96. The zero-order chi connectivity index (χ0) is 17.9. The first kappa shape index (κ1) is 17.6. The maximum Gasteiger partial charge on any atom is 0.324 e. The van der Waals surface area contributed by atoms with Crippen LogP contribution >= 0.6 is 0 Å². The van der Waals surface area contributed by atoms with Crippen LogP contribution in [0.4, 0.5) is 4.39 Å². The van der Waals surface area contributed by atoms with Crippen LogP contribution in [0.15, 0.2) is 59.5 Å². The quantitative estimate of drug-likeness (QED) is 0.767. The number of rotatable bonds is 5. The van der Waals surface area contributed by atoms with Crippen molar-refractivity contribution >= 4 is 16.0 Å². The van der Waals surface area contributed by atoms with E-state index in [0.29, 0.717) is 12.8 Å². The van der Waals surface area contributed by atoms with Crippen molar-refractivity contribution in [2.75, 3.05) is 6.54 Å². The van der Waals surface area contributed by atoms with Gasteiger partial charge in [0.15, 0.2) is 0 Å². The third-order valence-electron chi connectivity index (χ3n) is 4.10. The Morgan fingerprint density at radius 2 is 1.92 bits per heavy atom. The van der Waals surface area contributed by atoms with Crippen molar-refractivity contribution in [1.29, 1.82) is 0 Å². The third-order valence-corrected chi connectivity index (χ3v) is 6.01. The molecule has 25 heavy (non-hydrogen) atoms. The highest BCUT2D eigenvalue weighted by Crippen LogP contribution is 2.27. The SMILES string of the molecule is O=C(OCc1ccccc1)C1CCCN1S(=O)(=O)c1cccc(F)c1. The summed E-state index contributed by atoms with van der Waals surface area (Å²) in [6.07, 6.45) is 0.946. The van der Waals surface area contributed by atoms with Crippen LogP contribution in [-0.4, -0.2) is 31.3 Å². The Labute approximate surface area is 146 Å². The van der Waals surface area contributed by atoms with Gasteiger partial charge in [-0.05, 0) is 36.6 Å². The minimum absolute atomic E-state index is 0.0873. The predicted octanol–water partition coefficient (Wildman–Crippen LogP) is 2.72. The highest BCUT2D eigenvalue weighted by atomic mass is 32.2. The Bertz CT molecular complexity index is 854. The first-order chi connectivity index (χ1) is 12.0. The summed E-state index contributed by atoms with van der Waals surface area (Å²) in [5.74, 6) is -1.22. The molecule has 0 bridgehead atoms. The lowest BCUT2D eigenvalue weighted by Gasteiger charge is -2.22. The summed E-state index contributed by atoms with van der Waals surface area (Å²) in [5, 5.41) is 0. The van der Waals surface area contributed by atoms with Gasteiger partial charge in [-0.1, -0.05) is 36.4 Å². The van der Waals surface area contributed by atoms with Crippen molar-refractivity contribution in [3.05, 3.63) is 66.0 Å². The smallest absolute Gasteiger partial charge is 0.324 e. The van der Waals surface area contributed by atoms with Gasteiger partial charge >= 0.3 is 5.97 Å². The van der Waals surface area contributed by atoms with Crippen LogP contribution < -0.4 is 0 Å². The molecule has 1 aliphatic heterocycles. The monoisotopic (exact) mass is 363 g/mol. The van der Waals surface area contributed by atoms with Gasteiger partial charge < -0.3 is 4.74 Å². The number of benzene rings is 2. The number of sulfonamides is 1. The average Bonchev–Trinajstić information content (AvgIpc) is 3.11. The van der Waals surface area contributed by atoms with Crippen LogP contribution in [0, 0.1) is 5.82 Å². The van der Waals surface area contributed by atoms with Crippen molar-refractivity contribution in [2.24, 2.45) is 0 Å². The topological polar surface area (TPSA) is 63.7 Å². The second kappa shape index (κ2) is 7.33. The fourth-order valence-electron chi connectivity index (χ4n) is 2.85. The summed E-state index contributed by atoms with van der Waals surface area (Å²) in [4.78, 5) is 12.2. The fraction of sp³-hybridized carbons (Fsp3) is 0.278. The summed E-state index contributed by atoms with van der Waals surface area (Å²) in [6.45, 7) is 0.300. The molecule has 1 heterocycles. The molecule has 0 aromatic heterocycles. The molecule has 0 saturated carbocycles. The molecule has 0 N–H and O–H groups in total. The summed E-state index contributed by atoms with van der Waals surface area (Å²) in [6, 6.07) is 13.1. The summed E-state index contributed by atoms with van der Waals surface area (Å²) < 4.78 is 45.2. The van der Waals surface area contributed by atoms with Crippen LogP contribution in [0.5, 0.6) is 0 Å². The van der Waals surface area contributed by atoms with E-state index in [9.17, 15) is 17.6 Å². The molecule has 1 saturated heterocycles. The summed E-state index contributed by atoms with van der Waals surface area (Å²) in [7, 11) is -3.95. The molecule has 0 amide bonds. The second-order valence-corrected chi connectivity index (χ2v) is 7.72. The molecule has 1 atom stereocenters. The second-order valence-electron chi connectivity index (χ2n) is 5.82. The number of nitrogens with zero attached hydrogens (tertiary/aromatic N) is 1. The van der Waals surface area contributed by atoms with Crippen molar-refractivity contribution < 1.29 is 22.3 Å². The van der Waals surface area contributed by atoms with Crippen LogP contribution in [0.2, 0.25) is 0 Å². The normalized spacial score (nSPS) is 18.2. The van der Waals surface area contributed by atoms with E-state index in [2.05, 4.69) is 0 Å². The molecular weight excluding hydrogens is 345 g/mol. The van der Waals surface area contributed by atoms with Gasteiger partial charge in [-0.15, -0.1) is 0 Å². The molecule has 7 heteroatoms. The minimum Gasteiger partial charge on any atom is -0.460 e. The van der Waals surface area contributed by atoms with Crippen molar-refractivity contribution in [3.63, 3.8) is 0 Å². The largest absolute Gasteiger partial charge is 0.460 e. The van der Waals surface area contributed by atoms with Gasteiger partial charge in [-0.25, -0.2) is 12.8 Å². The van der Waals surface area contributed by atoms with Crippen molar-refractivity contribution in [2.45, 2.75) is 30.4 Å². The number of esters is 1. The van der Waals surface area contributed by atoms with E-state index in [1.165, 1.54) is 18.2 Å². The van der Waals surface area contributed by atoms with Gasteiger partial charge in [0.05, 0.1) is 4.90 Å². The molecule has 0 spiro atoms. The van der Waals surface area contributed by atoms with E-state index in [1.807, 2.05) is 30.3 Å². The van der Waals surface area contributed by atoms with Crippen LogP contribution in [0.25, 0.3) is 0 Å². The van der Waals surface area contributed by atoms with Gasteiger partial charge in [0.1, 0.15) is 18.5 Å². The molecule has 2 aromatic carbocycles. The number of ether oxygens (including phenoxy) is 1. The van der Waals surface area contributed by atoms with Gasteiger partial charge in [0.25, 0.3) is 0 Å². The Morgan fingerprint density at radius 1 is 1.16 bits per heavy atom. The van der Waals surface area contributed by atoms with Gasteiger partial charge in [0, 0.05) is 6.54 Å². The number of hydrogen-bond donors (Lipinski definition) is 0. The molecule has 3 rings (SSSR count). The highest BCUT2D eigenvalue weighted by Gasteiger charge is 2.40. The molecule has 2 aromatic rings. The predicted molar refractivity (Wildman–Crippen MR) is 89.6 cm³/mol. The van der Waals surface area contributed by atoms with E-state index in [4.69, 9.17) is 4.74 Å². The Balaban J connectivity index is 1.74. The number of halogens is 1. The fourth-order valence-corrected chi connectivity index (χ4v) is 4.53. The maximum absolute atomic E-state index is 13.4. The first-order valence-corrected chi connectivity index (χ1v) is 9.40. The van der Waals surface area contributed by atoms with Crippen LogP contribution in [-0.2, 0) is 26.2 Å². The number of hydrogen-bond acceptors (Lipinski definition) is 4. The molecule has 1 aliphatic rings. The molecule has 5 nitrogen and oxygen atoms in total. The van der Waals surface area contributed by atoms with Crippen LogP contribution in [0.3, 0.4) is 0 Å².